The maximum atomic E-state index is 12.8. The van der Waals surface area contributed by atoms with Crippen molar-refractivity contribution in [2.24, 2.45) is 12.0 Å². The zero-order valence-corrected chi connectivity index (χ0v) is 15.0. The van der Waals surface area contributed by atoms with Gasteiger partial charge in [-0.15, -0.1) is 0 Å². The van der Waals surface area contributed by atoms with Crippen molar-refractivity contribution in [1.82, 2.24) is 14.0 Å². The number of rotatable bonds is 6. The first-order chi connectivity index (χ1) is 11.4. The van der Waals surface area contributed by atoms with Crippen LogP contribution in [0.1, 0.15) is 12.0 Å². The van der Waals surface area contributed by atoms with Crippen LogP contribution in [0, 0.1) is 4.77 Å². The molecule has 0 unspecified atom stereocenters. The molecule has 0 bridgehead atoms. The van der Waals surface area contributed by atoms with Crippen molar-refractivity contribution >= 4 is 18.4 Å². The van der Waals surface area contributed by atoms with Gasteiger partial charge in [-0.25, -0.2) is 0 Å². The standard InChI is InChI=1S/C17H22N4O2S/c1-19(2)11-7-10-18-12-14-15(22)20(3)17(24)21(16(14)23)13-8-5-4-6-9-13/h4-6,8-9,12,22H,7,10-11H2,1-3H3. The number of para-hydroxylation sites is 1. The molecule has 0 spiro atoms. The Labute approximate surface area is 146 Å². The van der Waals surface area contributed by atoms with Gasteiger partial charge in [0.1, 0.15) is 5.56 Å². The number of benzene rings is 1. The molecule has 1 aromatic carbocycles. The van der Waals surface area contributed by atoms with Crippen LogP contribution >= 0.6 is 12.2 Å². The largest absolute Gasteiger partial charge is 0.494 e. The molecule has 0 atom stereocenters. The summed E-state index contributed by atoms with van der Waals surface area (Å²) in [7, 11) is 5.62. The van der Waals surface area contributed by atoms with E-state index in [0.29, 0.717) is 12.2 Å². The summed E-state index contributed by atoms with van der Waals surface area (Å²) >= 11 is 5.31. The molecule has 0 aliphatic carbocycles. The second-order valence-corrected chi connectivity index (χ2v) is 6.11. The molecule has 2 rings (SSSR count). The summed E-state index contributed by atoms with van der Waals surface area (Å²) in [6.07, 6.45) is 2.31. The van der Waals surface area contributed by atoms with Gasteiger partial charge in [-0.05, 0) is 51.4 Å². The maximum Gasteiger partial charge on any atom is 0.271 e. The van der Waals surface area contributed by atoms with E-state index < -0.39 is 0 Å². The second-order valence-electron chi connectivity index (χ2n) is 5.75. The molecule has 24 heavy (non-hydrogen) atoms. The van der Waals surface area contributed by atoms with Crippen molar-refractivity contribution in [3.05, 3.63) is 51.0 Å². The van der Waals surface area contributed by atoms with E-state index in [2.05, 4.69) is 9.89 Å². The van der Waals surface area contributed by atoms with Crippen molar-refractivity contribution in [3.63, 3.8) is 0 Å². The van der Waals surface area contributed by atoms with Gasteiger partial charge in [0, 0.05) is 19.8 Å². The molecule has 128 valence electrons. The van der Waals surface area contributed by atoms with Crippen molar-refractivity contribution < 1.29 is 5.11 Å². The highest BCUT2D eigenvalue weighted by Crippen LogP contribution is 2.14. The van der Waals surface area contributed by atoms with E-state index in [0.717, 1.165) is 13.0 Å². The second kappa shape index (κ2) is 8.03. The average Bonchev–Trinajstić information content (AvgIpc) is 2.56. The average molecular weight is 346 g/mol. The number of hydrogen-bond donors (Lipinski definition) is 1. The van der Waals surface area contributed by atoms with E-state index >= 15 is 0 Å². The first kappa shape index (κ1) is 18.1. The Morgan fingerprint density at radius 1 is 1.29 bits per heavy atom. The summed E-state index contributed by atoms with van der Waals surface area (Å²) < 4.78 is 3.04. The smallest absolute Gasteiger partial charge is 0.271 e. The van der Waals surface area contributed by atoms with Crippen LogP contribution < -0.4 is 5.56 Å². The molecule has 6 nitrogen and oxygen atoms in total. The molecule has 2 aromatic rings. The van der Waals surface area contributed by atoms with Gasteiger partial charge in [0.2, 0.25) is 5.88 Å². The molecular formula is C17H22N4O2S. The third-order valence-corrected chi connectivity index (χ3v) is 4.05. The van der Waals surface area contributed by atoms with Gasteiger partial charge >= 0.3 is 0 Å². The van der Waals surface area contributed by atoms with Crippen LogP contribution in [0.3, 0.4) is 0 Å². The summed E-state index contributed by atoms with van der Waals surface area (Å²) in [5.41, 5.74) is 0.420. The van der Waals surface area contributed by atoms with E-state index in [1.54, 1.807) is 19.2 Å². The van der Waals surface area contributed by atoms with Crippen LogP contribution in [-0.2, 0) is 7.05 Å². The topological polar surface area (TPSA) is 62.8 Å². The maximum absolute atomic E-state index is 12.8. The number of aromatic hydroxyl groups is 1. The summed E-state index contributed by atoms with van der Waals surface area (Å²) in [5, 5.41) is 10.3. The summed E-state index contributed by atoms with van der Waals surface area (Å²) in [5.74, 6) is -0.173. The highest BCUT2D eigenvalue weighted by Gasteiger charge is 2.14. The van der Waals surface area contributed by atoms with Gasteiger partial charge in [0.25, 0.3) is 5.56 Å². The molecule has 1 heterocycles. The van der Waals surface area contributed by atoms with Crippen LogP contribution in [0.2, 0.25) is 0 Å². The number of hydrogen-bond acceptors (Lipinski definition) is 5. The van der Waals surface area contributed by atoms with Crippen LogP contribution in [0.15, 0.2) is 40.1 Å². The van der Waals surface area contributed by atoms with Crippen molar-refractivity contribution in [2.45, 2.75) is 6.42 Å². The van der Waals surface area contributed by atoms with Crippen molar-refractivity contribution in [2.75, 3.05) is 27.2 Å². The third kappa shape index (κ3) is 3.98. The molecule has 0 fully saturated rings. The minimum absolute atomic E-state index is 0.139. The van der Waals surface area contributed by atoms with Gasteiger partial charge in [-0.2, -0.15) is 0 Å². The Bertz CT molecular complexity index is 838. The number of nitrogens with zero attached hydrogens (tertiary/aromatic N) is 4. The normalized spacial score (nSPS) is 11.5. The summed E-state index contributed by atoms with van der Waals surface area (Å²) in [6.45, 7) is 1.50. The Balaban J connectivity index is 2.43. The Morgan fingerprint density at radius 3 is 2.58 bits per heavy atom. The SMILES string of the molecule is CN(C)CCCN=Cc1c(O)n(C)c(=S)n(-c2ccccc2)c1=O. The lowest BCUT2D eigenvalue weighted by Crippen LogP contribution is -2.26. The van der Waals surface area contributed by atoms with Gasteiger partial charge in [-0.3, -0.25) is 18.9 Å². The van der Waals surface area contributed by atoms with E-state index in [1.165, 1.54) is 15.3 Å². The zero-order chi connectivity index (χ0) is 17.7. The molecule has 1 N–H and O–H groups in total. The summed E-state index contributed by atoms with van der Waals surface area (Å²) in [4.78, 5) is 19.1. The Hall–Kier alpha value is -2.25. The van der Waals surface area contributed by atoms with Gasteiger partial charge in [0.05, 0.1) is 5.69 Å². The fourth-order valence-electron chi connectivity index (χ4n) is 2.28. The van der Waals surface area contributed by atoms with E-state index in [1.807, 2.05) is 32.3 Å². The highest BCUT2D eigenvalue weighted by molar-refractivity contribution is 7.71. The Kier molecular flexibility index (Phi) is 6.05. The van der Waals surface area contributed by atoms with Crippen LogP contribution in [-0.4, -0.2) is 52.5 Å². The van der Waals surface area contributed by atoms with Gasteiger partial charge in [-0.1, -0.05) is 18.2 Å². The lowest BCUT2D eigenvalue weighted by Gasteiger charge is -2.13. The molecule has 1 aromatic heterocycles. The lowest BCUT2D eigenvalue weighted by atomic mass is 10.3. The molecule has 0 aliphatic rings. The molecule has 0 saturated heterocycles. The first-order valence-corrected chi connectivity index (χ1v) is 8.09. The van der Waals surface area contributed by atoms with E-state index in [4.69, 9.17) is 12.2 Å². The molecule has 0 amide bonds. The first-order valence-electron chi connectivity index (χ1n) is 7.68. The minimum atomic E-state index is -0.377. The molecular weight excluding hydrogens is 324 g/mol. The monoisotopic (exact) mass is 346 g/mol. The van der Waals surface area contributed by atoms with Crippen molar-refractivity contribution in [3.8, 4) is 11.6 Å². The third-order valence-electron chi connectivity index (χ3n) is 3.60. The van der Waals surface area contributed by atoms with Crippen LogP contribution in [0.25, 0.3) is 5.69 Å². The van der Waals surface area contributed by atoms with Crippen molar-refractivity contribution in [1.29, 1.82) is 0 Å². The molecule has 7 heteroatoms. The van der Waals surface area contributed by atoms with E-state index in [9.17, 15) is 9.90 Å². The quantitative estimate of drug-likeness (QED) is 0.494. The number of aromatic nitrogens is 2. The zero-order valence-electron chi connectivity index (χ0n) is 14.1. The van der Waals surface area contributed by atoms with Crippen LogP contribution in [0.5, 0.6) is 5.88 Å². The lowest BCUT2D eigenvalue weighted by molar-refractivity contribution is 0.403. The molecule has 0 saturated carbocycles. The predicted octanol–water partition coefficient (Wildman–Crippen LogP) is 1.98. The predicted molar refractivity (Wildman–Crippen MR) is 99.1 cm³/mol. The van der Waals surface area contributed by atoms with Gasteiger partial charge < -0.3 is 10.0 Å². The summed E-state index contributed by atoms with van der Waals surface area (Å²) in [6, 6.07) is 9.13. The minimum Gasteiger partial charge on any atom is -0.494 e. The molecule has 0 radical (unpaired) electrons. The highest BCUT2D eigenvalue weighted by atomic mass is 32.1. The fraction of sp³-hybridized carbons (Fsp3) is 0.353. The van der Waals surface area contributed by atoms with E-state index in [-0.39, 0.29) is 21.8 Å². The van der Waals surface area contributed by atoms with Gasteiger partial charge in [0.15, 0.2) is 4.77 Å². The Morgan fingerprint density at radius 2 is 1.96 bits per heavy atom. The number of aliphatic imine (C=N–C) groups is 1. The fourth-order valence-corrected chi connectivity index (χ4v) is 2.55. The molecule has 0 aliphatic heterocycles. The van der Waals surface area contributed by atoms with Crippen LogP contribution in [0.4, 0.5) is 0 Å².